The number of unbranched alkanes of at least 4 members (excludes halogenated alkanes) is 1. The maximum Gasteiger partial charge on any atom is 0.261 e. The van der Waals surface area contributed by atoms with E-state index < -0.39 is 0 Å². The summed E-state index contributed by atoms with van der Waals surface area (Å²) in [5.74, 6) is 0.317. The molecule has 104 valence electrons. The predicted octanol–water partition coefficient (Wildman–Crippen LogP) is 2.49. The zero-order chi connectivity index (χ0) is 14.1. The first kappa shape index (κ1) is 15.4. The fourth-order valence-corrected chi connectivity index (χ4v) is 1.72. The zero-order valence-corrected chi connectivity index (χ0v) is 12.2. The molecule has 1 amide bonds. The SMILES string of the molecule is CCCCNC(=S)NC(=O)c1ccccc1OCC. The van der Waals surface area contributed by atoms with E-state index in [0.717, 1.165) is 19.4 Å². The lowest BCUT2D eigenvalue weighted by molar-refractivity contribution is 0.0973. The summed E-state index contributed by atoms with van der Waals surface area (Å²) < 4.78 is 5.41. The molecule has 0 aromatic heterocycles. The minimum atomic E-state index is -0.252. The Morgan fingerprint density at radius 1 is 1.32 bits per heavy atom. The van der Waals surface area contributed by atoms with E-state index in [1.54, 1.807) is 18.2 Å². The number of benzene rings is 1. The number of nitrogens with one attached hydrogen (secondary N) is 2. The number of para-hydroxylation sites is 1. The van der Waals surface area contributed by atoms with Crippen molar-refractivity contribution in [3.63, 3.8) is 0 Å². The third-order valence-electron chi connectivity index (χ3n) is 2.47. The van der Waals surface area contributed by atoms with Gasteiger partial charge in [-0.25, -0.2) is 0 Å². The van der Waals surface area contributed by atoms with Crippen LogP contribution in [0.15, 0.2) is 24.3 Å². The van der Waals surface area contributed by atoms with Crippen LogP contribution >= 0.6 is 12.2 Å². The first-order chi connectivity index (χ1) is 9.19. The first-order valence-electron chi connectivity index (χ1n) is 6.50. The van der Waals surface area contributed by atoms with Crippen molar-refractivity contribution < 1.29 is 9.53 Å². The van der Waals surface area contributed by atoms with Gasteiger partial charge in [0.2, 0.25) is 0 Å². The van der Waals surface area contributed by atoms with Crippen LogP contribution in [0.4, 0.5) is 0 Å². The second-order valence-corrected chi connectivity index (χ2v) is 4.40. The number of carbonyl (C=O) groups excluding carboxylic acids is 1. The van der Waals surface area contributed by atoms with E-state index >= 15 is 0 Å². The molecule has 0 atom stereocenters. The topological polar surface area (TPSA) is 50.4 Å². The van der Waals surface area contributed by atoms with Gasteiger partial charge in [0.05, 0.1) is 12.2 Å². The van der Waals surface area contributed by atoms with Gasteiger partial charge in [-0.05, 0) is 37.7 Å². The maximum atomic E-state index is 12.1. The summed E-state index contributed by atoms with van der Waals surface area (Å²) in [6.45, 7) is 5.26. The van der Waals surface area contributed by atoms with Gasteiger partial charge in [-0.2, -0.15) is 0 Å². The molecule has 0 fully saturated rings. The lowest BCUT2D eigenvalue weighted by Crippen LogP contribution is -2.39. The van der Waals surface area contributed by atoms with Gasteiger partial charge in [0.1, 0.15) is 5.75 Å². The zero-order valence-electron chi connectivity index (χ0n) is 11.4. The van der Waals surface area contributed by atoms with E-state index in [2.05, 4.69) is 17.6 Å². The quantitative estimate of drug-likeness (QED) is 0.621. The number of thiocarbonyl (C=S) groups is 1. The summed E-state index contributed by atoms with van der Waals surface area (Å²) in [5.41, 5.74) is 0.490. The lowest BCUT2D eigenvalue weighted by Gasteiger charge is -2.12. The highest BCUT2D eigenvalue weighted by Crippen LogP contribution is 2.17. The molecule has 2 N–H and O–H groups in total. The van der Waals surface area contributed by atoms with Crippen molar-refractivity contribution in [1.29, 1.82) is 0 Å². The molecule has 0 aliphatic heterocycles. The Kier molecular flexibility index (Phi) is 6.89. The van der Waals surface area contributed by atoms with E-state index in [9.17, 15) is 4.79 Å². The number of hydrogen-bond acceptors (Lipinski definition) is 3. The molecule has 5 heteroatoms. The van der Waals surface area contributed by atoms with Gasteiger partial charge in [-0.3, -0.25) is 10.1 Å². The molecule has 0 saturated carbocycles. The van der Waals surface area contributed by atoms with E-state index in [0.29, 0.717) is 23.0 Å². The molecule has 1 aromatic carbocycles. The largest absolute Gasteiger partial charge is 0.493 e. The third-order valence-corrected chi connectivity index (χ3v) is 2.72. The van der Waals surface area contributed by atoms with E-state index in [4.69, 9.17) is 17.0 Å². The number of carbonyl (C=O) groups is 1. The minimum Gasteiger partial charge on any atom is -0.493 e. The highest BCUT2D eigenvalue weighted by molar-refractivity contribution is 7.80. The summed E-state index contributed by atoms with van der Waals surface area (Å²) >= 11 is 5.07. The van der Waals surface area contributed by atoms with Gasteiger partial charge in [0.25, 0.3) is 5.91 Å². The van der Waals surface area contributed by atoms with Crippen LogP contribution in [0.1, 0.15) is 37.0 Å². The van der Waals surface area contributed by atoms with Crippen LogP contribution in [-0.4, -0.2) is 24.2 Å². The Bertz CT molecular complexity index is 435. The smallest absolute Gasteiger partial charge is 0.261 e. The number of hydrogen-bond donors (Lipinski definition) is 2. The van der Waals surface area contributed by atoms with Gasteiger partial charge in [-0.15, -0.1) is 0 Å². The third kappa shape index (κ3) is 5.26. The Balaban J connectivity index is 2.60. The van der Waals surface area contributed by atoms with Crippen LogP contribution in [0.3, 0.4) is 0 Å². The fraction of sp³-hybridized carbons (Fsp3) is 0.429. The number of rotatable bonds is 6. The molecular weight excluding hydrogens is 260 g/mol. The highest BCUT2D eigenvalue weighted by Gasteiger charge is 2.12. The molecule has 4 nitrogen and oxygen atoms in total. The maximum absolute atomic E-state index is 12.1. The molecule has 0 spiro atoms. The normalized spacial score (nSPS) is 9.79. The molecule has 0 unspecified atom stereocenters. The van der Waals surface area contributed by atoms with Crippen molar-refractivity contribution in [2.45, 2.75) is 26.7 Å². The second-order valence-electron chi connectivity index (χ2n) is 3.99. The van der Waals surface area contributed by atoms with Crippen LogP contribution in [0, 0.1) is 0 Å². The Hall–Kier alpha value is -1.62. The Labute approximate surface area is 119 Å². The molecule has 0 heterocycles. The van der Waals surface area contributed by atoms with Crippen molar-refractivity contribution >= 4 is 23.2 Å². The van der Waals surface area contributed by atoms with Crippen LogP contribution in [0.2, 0.25) is 0 Å². The molecule has 1 aromatic rings. The molecule has 0 bridgehead atoms. The molecule has 0 aliphatic rings. The predicted molar refractivity (Wildman–Crippen MR) is 80.6 cm³/mol. The van der Waals surface area contributed by atoms with Gasteiger partial charge in [0.15, 0.2) is 5.11 Å². The molecule has 19 heavy (non-hydrogen) atoms. The average molecular weight is 280 g/mol. The number of ether oxygens (including phenoxy) is 1. The van der Waals surface area contributed by atoms with E-state index in [1.165, 1.54) is 0 Å². The summed E-state index contributed by atoms with van der Waals surface area (Å²) in [6.07, 6.45) is 2.10. The second kappa shape index (κ2) is 8.48. The van der Waals surface area contributed by atoms with E-state index in [1.807, 2.05) is 13.0 Å². The monoisotopic (exact) mass is 280 g/mol. The summed E-state index contributed by atoms with van der Waals surface area (Å²) in [6, 6.07) is 7.12. The van der Waals surface area contributed by atoms with Gasteiger partial charge >= 0.3 is 0 Å². The molecule has 1 rings (SSSR count). The molecular formula is C14H20N2O2S. The van der Waals surface area contributed by atoms with Crippen molar-refractivity contribution in [2.24, 2.45) is 0 Å². The average Bonchev–Trinajstić information content (AvgIpc) is 2.40. The standard InChI is InChI=1S/C14H20N2O2S/c1-3-5-10-15-14(19)16-13(17)11-8-6-7-9-12(11)18-4-2/h6-9H,3-5,10H2,1-2H3,(H2,15,16,17,19). The molecule has 0 aliphatic carbocycles. The minimum absolute atomic E-state index is 0.252. The molecule has 0 radical (unpaired) electrons. The van der Waals surface area contributed by atoms with Crippen LogP contribution < -0.4 is 15.4 Å². The first-order valence-corrected chi connectivity index (χ1v) is 6.90. The Morgan fingerprint density at radius 3 is 2.74 bits per heavy atom. The van der Waals surface area contributed by atoms with Crippen LogP contribution in [-0.2, 0) is 0 Å². The van der Waals surface area contributed by atoms with Crippen LogP contribution in [0.5, 0.6) is 5.75 Å². The van der Waals surface area contributed by atoms with Crippen molar-refractivity contribution in [1.82, 2.24) is 10.6 Å². The van der Waals surface area contributed by atoms with Crippen molar-refractivity contribution in [3.05, 3.63) is 29.8 Å². The van der Waals surface area contributed by atoms with Gasteiger partial charge in [-0.1, -0.05) is 25.5 Å². The van der Waals surface area contributed by atoms with Gasteiger partial charge in [0, 0.05) is 6.54 Å². The number of amides is 1. The summed E-state index contributed by atoms with van der Waals surface area (Å²) in [7, 11) is 0. The summed E-state index contributed by atoms with van der Waals surface area (Å²) in [4.78, 5) is 12.1. The van der Waals surface area contributed by atoms with E-state index in [-0.39, 0.29) is 5.91 Å². The van der Waals surface area contributed by atoms with Crippen LogP contribution in [0.25, 0.3) is 0 Å². The summed E-state index contributed by atoms with van der Waals surface area (Å²) in [5, 5.41) is 6.00. The highest BCUT2D eigenvalue weighted by atomic mass is 32.1. The molecule has 0 saturated heterocycles. The Morgan fingerprint density at radius 2 is 2.05 bits per heavy atom. The fourth-order valence-electron chi connectivity index (χ4n) is 1.53. The lowest BCUT2D eigenvalue weighted by atomic mass is 10.2. The van der Waals surface area contributed by atoms with Crippen molar-refractivity contribution in [3.8, 4) is 5.75 Å². The van der Waals surface area contributed by atoms with Gasteiger partial charge < -0.3 is 10.1 Å². The van der Waals surface area contributed by atoms with Crippen molar-refractivity contribution in [2.75, 3.05) is 13.2 Å².